The highest BCUT2D eigenvalue weighted by Crippen LogP contribution is 2.11. The Bertz CT molecular complexity index is 634. The first-order valence-corrected chi connectivity index (χ1v) is 5.51. The van der Waals surface area contributed by atoms with Crippen LogP contribution in [-0.4, -0.2) is 40.2 Å². The van der Waals surface area contributed by atoms with Gasteiger partial charge < -0.3 is 10.1 Å². The third kappa shape index (κ3) is 2.91. The molecule has 0 radical (unpaired) electrons. The molecule has 0 aromatic carbocycles. The number of ketones is 1. The first-order valence-electron chi connectivity index (χ1n) is 5.13. The summed E-state index contributed by atoms with van der Waals surface area (Å²) in [6, 6.07) is 0. The standard InChI is InChI=1S/C8H8ClN7O3/c1-5(17)2-3-14-8(11-7(13-14)16(18)19)15-4-10-6(9)12-15/h4H,2-3H2,1H3. The second kappa shape index (κ2) is 5.10. The van der Waals surface area contributed by atoms with Crippen molar-refractivity contribution >= 4 is 23.3 Å². The topological polar surface area (TPSA) is 122 Å². The minimum absolute atomic E-state index is 0.0243. The van der Waals surface area contributed by atoms with Crippen LogP contribution in [0.3, 0.4) is 0 Å². The third-order valence-corrected chi connectivity index (χ3v) is 2.32. The van der Waals surface area contributed by atoms with E-state index >= 15 is 0 Å². The van der Waals surface area contributed by atoms with Gasteiger partial charge in [0.25, 0.3) is 0 Å². The van der Waals surface area contributed by atoms with Crippen molar-refractivity contribution in [1.29, 1.82) is 0 Å². The lowest BCUT2D eigenvalue weighted by atomic mass is 10.3. The van der Waals surface area contributed by atoms with E-state index in [9.17, 15) is 14.9 Å². The van der Waals surface area contributed by atoms with Crippen LogP contribution in [0, 0.1) is 10.1 Å². The van der Waals surface area contributed by atoms with Gasteiger partial charge in [0.15, 0.2) is 0 Å². The number of nitrogens with zero attached hydrogens (tertiary/aromatic N) is 7. The van der Waals surface area contributed by atoms with Gasteiger partial charge in [0.05, 0.1) is 6.54 Å². The molecule has 2 aromatic heterocycles. The van der Waals surface area contributed by atoms with E-state index < -0.39 is 10.9 Å². The van der Waals surface area contributed by atoms with Crippen molar-refractivity contribution in [2.45, 2.75) is 19.9 Å². The first-order chi connectivity index (χ1) is 8.97. The van der Waals surface area contributed by atoms with E-state index in [1.165, 1.54) is 17.9 Å². The van der Waals surface area contributed by atoms with Crippen molar-refractivity contribution in [3.63, 3.8) is 0 Å². The lowest BCUT2D eigenvalue weighted by molar-refractivity contribution is -0.394. The lowest BCUT2D eigenvalue weighted by Crippen LogP contribution is -2.11. The Balaban J connectivity index is 2.39. The van der Waals surface area contributed by atoms with Crippen molar-refractivity contribution < 1.29 is 9.72 Å². The Labute approximate surface area is 111 Å². The highest BCUT2D eigenvalue weighted by atomic mass is 35.5. The highest BCUT2D eigenvalue weighted by Gasteiger charge is 2.23. The number of hydrogen-bond donors (Lipinski definition) is 0. The van der Waals surface area contributed by atoms with Crippen LogP contribution in [0.15, 0.2) is 6.33 Å². The zero-order valence-electron chi connectivity index (χ0n) is 9.72. The number of rotatable bonds is 5. The molecule has 0 N–H and O–H groups in total. The lowest BCUT2D eigenvalue weighted by Gasteiger charge is -1.97. The molecule has 2 aromatic rings. The van der Waals surface area contributed by atoms with Crippen molar-refractivity contribution in [3.05, 3.63) is 21.7 Å². The van der Waals surface area contributed by atoms with Crippen molar-refractivity contribution in [3.8, 4) is 5.95 Å². The predicted octanol–water partition coefficient (Wildman–Crippen LogP) is 0.399. The predicted molar refractivity (Wildman–Crippen MR) is 61.9 cm³/mol. The first kappa shape index (κ1) is 13.1. The SMILES string of the molecule is CC(=O)CCn1nc([N+](=O)[O-])nc1-n1cnc(Cl)n1. The molecule has 0 unspecified atom stereocenters. The maximum Gasteiger partial charge on any atom is 0.493 e. The fourth-order valence-corrected chi connectivity index (χ4v) is 1.45. The minimum atomic E-state index is -0.730. The maximum atomic E-state index is 11.0. The Kier molecular flexibility index (Phi) is 3.51. The second-order valence-corrected chi connectivity index (χ2v) is 3.94. The Morgan fingerprint density at radius 3 is 2.79 bits per heavy atom. The molecule has 0 aliphatic rings. The molecule has 19 heavy (non-hydrogen) atoms. The summed E-state index contributed by atoms with van der Waals surface area (Å²) in [6.07, 6.45) is 1.43. The number of Topliss-reactive ketones (excluding diaryl/α,β-unsaturated/α-hetero) is 1. The Morgan fingerprint density at radius 1 is 1.53 bits per heavy atom. The number of aromatic nitrogens is 6. The van der Waals surface area contributed by atoms with E-state index in [1.807, 2.05) is 0 Å². The van der Waals surface area contributed by atoms with Gasteiger partial charge in [-0.05, 0) is 28.4 Å². The van der Waals surface area contributed by atoms with Crippen LogP contribution < -0.4 is 0 Å². The summed E-state index contributed by atoms with van der Waals surface area (Å²) in [7, 11) is 0. The number of carbonyl (C=O) groups is 1. The summed E-state index contributed by atoms with van der Waals surface area (Å²) in [4.78, 5) is 28.3. The zero-order valence-corrected chi connectivity index (χ0v) is 10.5. The molecule has 10 nitrogen and oxygen atoms in total. The molecule has 0 saturated heterocycles. The average Bonchev–Trinajstić information content (AvgIpc) is 2.92. The molecular weight excluding hydrogens is 278 g/mol. The Morgan fingerprint density at radius 2 is 2.26 bits per heavy atom. The normalized spacial score (nSPS) is 10.6. The van der Waals surface area contributed by atoms with E-state index in [1.54, 1.807) is 0 Å². The summed E-state index contributed by atoms with van der Waals surface area (Å²) >= 11 is 5.57. The molecule has 0 saturated carbocycles. The van der Waals surface area contributed by atoms with Gasteiger partial charge in [-0.1, -0.05) is 0 Å². The van der Waals surface area contributed by atoms with Crippen molar-refractivity contribution in [2.75, 3.05) is 0 Å². The molecule has 0 bridgehead atoms. The van der Waals surface area contributed by atoms with Gasteiger partial charge in [-0.25, -0.2) is 4.98 Å². The molecule has 2 rings (SSSR count). The van der Waals surface area contributed by atoms with Gasteiger partial charge in [-0.15, -0.1) is 9.78 Å². The monoisotopic (exact) mass is 285 g/mol. The van der Waals surface area contributed by atoms with E-state index in [4.69, 9.17) is 11.6 Å². The van der Waals surface area contributed by atoms with Gasteiger partial charge in [0.1, 0.15) is 12.1 Å². The van der Waals surface area contributed by atoms with Gasteiger partial charge in [0, 0.05) is 11.5 Å². The smallest absolute Gasteiger partial charge is 0.390 e. The van der Waals surface area contributed by atoms with Crippen LogP contribution in [0.2, 0.25) is 5.28 Å². The van der Waals surface area contributed by atoms with Gasteiger partial charge in [-0.3, -0.25) is 4.79 Å². The zero-order chi connectivity index (χ0) is 14.0. The molecule has 0 fully saturated rings. The van der Waals surface area contributed by atoms with Gasteiger partial charge in [-0.2, -0.15) is 4.68 Å². The fraction of sp³-hybridized carbons (Fsp3) is 0.375. The molecular formula is C8H8ClN7O3. The maximum absolute atomic E-state index is 11.0. The molecule has 0 amide bonds. The van der Waals surface area contributed by atoms with E-state index in [2.05, 4.69) is 20.2 Å². The average molecular weight is 286 g/mol. The highest BCUT2D eigenvalue weighted by molar-refractivity contribution is 6.28. The van der Waals surface area contributed by atoms with Crippen LogP contribution in [0.5, 0.6) is 0 Å². The number of aryl methyl sites for hydroxylation is 1. The number of hydrogen-bond acceptors (Lipinski definition) is 7. The van der Waals surface area contributed by atoms with E-state index in [-0.39, 0.29) is 30.0 Å². The Hall–Kier alpha value is -2.36. The second-order valence-electron chi connectivity index (χ2n) is 3.60. The molecule has 100 valence electrons. The van der Waals surface area contributed by atoms with Crippen LogP contribution >= 0.6 is 11.6 Å². The fourth-order valence-electron chi connectivity index (χ4n) is 1.32. The summed E-state index contributed by atoms with van der Waals surface area (Å²) in [5, 5.41) is 18.1. The molecule has 0 atom stereocenters. The van der Waals surface area contributed by atoms with Crippen LogP contribution in [-0.2, 0) is 11.3 Å². The summed E-state index contributed by atoms with van der Waals surface area (Å²) in [5.74, 6) is -0.571. The molecule has 11 heteroatoms. The third-order valence-electron chi connectivity index (χ3n) is 2.15. The number of halogens is 1. The largest absolute Gasteiger partial charge is 0.493 e. The molecule has 0 aliphatic carbocycles. The molecule has 2 heterocycles. The van der Waals surface area contributed by atoms with Crippen LogP contribution in [0.1, 0.15) is 13.3 Å². The summed E-state index contributed by atoms with van der Waals surface area (Å²) in [5.41, 5.74) is 0. The van der Waals surface area contributed by atoms with Gasteiger partial charge in [0.2, 0.25) is 5.28 Å². The van der Waals surface area contributed by atoms with E-state index in [0.717, 1.165) is 4.68 Å². The number of nitro groups is 1. The molecule has 0 spiro atoms. The quantitative estimate of drug-likeness (QED) is 0.575. The van der Waals surface area contributed by atoms with Crippen LogP contribution in [0.25, 0.3) is 5.95 Å². The molecule has 0 aliphatic heterocycles. The summed E-state index contributed by atoms with van der Waals surface area (Å²) < 4.78 is 2.37. The minimum Gasteiger partial charge on any atom is -0.390 e. The van der Waals surface area contributed by atoms with E-state index in [0.29, 0.717) is 0 Å². The van der Waals surface area contributed by atoms with Crippen molar-refractivity contribution in [1.82, 2.24) is 29.5 Å². The number of carbonyl (C=O) groups excluding carboxylic acids is 1. The van der Waals surface area contributed by atoms with Crippen molar-refractivity contribution in [2.24, 2.45) is 0 Å². The van der Waals surface area contributed by atoms with Crippen LogP contribution in [0.4, 0.5) is 5.95 Å². The summed E-state index contributed by atoms with van der Waals surface area (Å²) in [6.45, 7) is 1.57. The van der Waals surface area contributed by atoms with Gasteiger partial charge >= 0.3 is 11.9 Å².